The van der Waals surface area contributed by atoms with Crippen LogP contribution in [0.15, 0.2) is 0 Å². The fourth-order valence-electron chi connectivity index (χ4n) is 0.802. The lowest BCUT2D eigenvalue weighted by Crippen LogP contribution is -1.86. The third-order valence-electron chi connectivity index (χ3n) is 1.38. The van der Waals surface area contributed by atoms with Crippen molar-refractivity contribution in [1.29, 1.82) is 0 Å². The molecule has 0 fully saturated rings. The monoisotopic (exact) mass is 142 g/mol. The Morgan fingerprint density at radius 2 is 1.67 bits per heavy atom. The van der Waals surface area contributed by atoms with Gasteiger partial charge < -0.3 is 0 Å². The molecule has 9 heavy (non-hydrogen) atoms. The zero-order valence-corrected chi connectivity index (χ0v) is 7.74. The van der Waals surface area contributed by atoms with Gasteiger partial charge in [0.1, 0.15) is 0 Å². The molecule has 0 saturated heterocycles. The fraction of sp³-hybridized carbons (Fsp3) is 1.00. The average Bonchev–Trinajstić information content (AvgIpc) is 1.89. The third kappa shape index (κ3) is 8.22. The molecule has 0 bridgehead atoms. The van der Waals surface area contributed by atoms with Crippen LogP contribution in [0.5, 0.6) is 0 Å². The topological polar surface area (TPSA) is 0 Å². The van der Waals surface area contributed by atoms with Crippen LogP contribution in [-0.4, -0.2) is 9.52 Å². The predicted octanol–water partition coefficient (Wildman–Crippen LogP) is 3.13. The molecule has 1 heteroatoms. The van der Waals surface area contributed by atoms with E-state index in [9.17, 15) is 0 Å². The first-order valence-corrected chi connectivity index (χ1v) is 5.54. The van der Waals surface area contributed by atoms with Crippen LogP contribution in [0.2, 0.25) is 12.1 Å². The maximum absolute atomic E-state index is 2.27. The van der Waals surface area contributed by atoms with Crippen molar-refractivity contribution in [3.8, 4) is 0 Å². The first kappa shape index (κ1) is 9.22. The predicted molar refractivity (Wildman–Crippen MR) is 45.2 cm³/mol. The molecule has 54 valence electrons. The molecule has 0 aromatic heterocycles. The van der Waals surface area contributed by atoms with E-state index >= 15 is 0 Å². The Bertz CT molecular complexity index is 37.8. The minimum atomic E-state index is 1.24. The highest BCUT2D eigenvalue weighted by molar-refractivity contribution is 6.35. The molecule has 0 spiro atoms. The summed E-state index contributed by atoms with van der Waals surface area (Å²) in [7, 11) is 1.24. The van der Waals surface area contributed by atoms with Crippen molar-refractivity contribution in [2.24, 2.45) is 0 Å². The van der Waals surface area contributed by atoms with Gasteiger partial charge in [0, 0.05) is 9.52 Å². The maximum atomic E-state index is 2.27. The zero-order valence-electron chi connectivity index (χ0n) is 6.74. The Labute approximate surface area is 61.9 Å². The first-order chi connectivity index (χ1) is 4.41. The largest absolute Gasteiger partial charge is 0.0657 e. The second-order valence-corrected chi connectivity index (χ2v) is 3.96. The smallest absolute Gasteiger partial charge is 0.0377 e. The van der Waals surface area contributed by atoms with Crippen molar-refractivity contribution in [3.63, 3.8) is 0 Å². The lowest BCUT2D eigenvalue weighted by Gasteiger charge is -1.94. The molecular formula is C8H18Si. The Balaban J connectivity index is 2.60. The summed E-state index contributed by atoms with van der Waals surface area (Å²) in [5.41, 5.74) is 0. The van der Waals surface area contributed by atoms with Gasteiger partial charge in [0.25, 0.3) is 0 Å². The van der Waals surface area contributed by atoms with E-state index in [4.69, 9.17) is 0 Å². The number of unbranched alkanes of at least 4 members (excludes halogenated alkanes) is 2. The second kappa shape index (κ2) is 8.22. The highest BCUT2D eigenvalue weighted by Gasteiger charge is 1.87. The summed E-state index contributed by atoms with van der Waals surface area (Å²) in [6, 6.07) is 2.95. The Hall–Kier alpha value is 0.217. The standard InChI is InChI=1S/C8H18Si/c1-3-5-6-8-9-7-4-2/h3-8H2,1-2H3. The number of hydrogen-bond donors (Lipinski definition) is 0. The molecule has 0 aliphatic rings. The molecule has 0 amide bonds. The van der Waals surface area contributed by atoms with E-state index < -0.39 is 0 Å². The van der Waals surface area contributed by atoms with E-state index in [2.05, 4.69) is 13.8 Å². The van der Waals surface area contributed by atoms with Gasteiger partial charge in [-0.3, -0.25) is 0 Å². The molecule has 0 rings (SSSR count). The summed E-state index contributed by atoms with van der Waals surface area (Å²) in [5.74, 6) is 0. The summed E-state index contributed by atoms with van der Waals surface area (Å²) in [6.45, 7) is 4.54. The second-order valence-electron chi connectivity index (χ2n) is 2.46. The molecule has 2 radical (unpaired) electrons. The lowest BCUT2D eigenvalue weighted by atomic mass is 10.3. The lowest BCUT2D eigenvalue weighted by molar-refractivity contribution is 0.767. The molecule has 0 aromatic rings. The van der Waals surface area contributed by atoms with Crippen LogP contribution in [0.3, 0.4) is 0 Å². The van der Waals surface area contributed by atoms with Gasteiger partial charge in [-0.05, 0) is 0 Å². The van der Waals surface area contributed by atoms with Crippen LogP contribution in [0.4, 0.5) is 0 Å². The quantitative estimate of drug-likeness (QED) is 0.395. The van der Waals surface area contributed by atoms with E-state index in [1.54, 1.807) is 0 Å². The van der Waals surface area contributed by atoms with Gasteiger partial charge >= 0.3 is 0 Å². The van der Waals surface area contributed by atoms with Crippen molar-refractivity contribution in [2.75, 3.05) is 0 Å². The van der Waals surface area contributed by atoms with E-state index in [0.29, 0.717) is 0 Å². The van der Waals surface area contributed by atoms with Gasteiger partial charge in [0.15, 0.2) is 0 Å². The summed E-state index contributed by atoms with van der Waals surface area (Å²) in [6.07, 6.45) is 5.66. The van der Waals surface area contributed by atoms with Gasteiger partial charge in [0.05, 0.1) is 0 Å². The normalized spacial score (nSPS) is 10.0. The molecule has 0 heterocycles. The van der Waals surface area contributed by atoms with E-state index in [1.807, 2.05) is 0 Å². The van der Waals surface area contributed by atoms with Crippen molar-refractivity contribution in [1.82, 2.24) is 0 Å². The number of rotatable bonds is 6. The molecule has 0 aliphatic heterocycles. The van der Waals surface area contributed by atoms with Crippen LogP contribution < -0.4 is 0 Å². The highest BCUT2D eigenvalue weighted by Crippen LogP contribution is 2.00. The van der Waals surface area contributed by atoms with Crippen LogP contribution in [0, 0.1) is 0 Å². The van der Waals surface area contributed by atoms with Crippen molar-refractivity contribution in [3.05, 3.63) is 0 Å². The zero-order chi connectivity index (χ0) is 6.95. The van der Waals surface area contributed by atoms with Gasteiger partial charge in [-0.15, -0.1) is 0 Å². The first-order valence-electron chi connectivity index (χ1n) is 4.12. The SMILES string of the molecule is CCCCC[Si]CCC. The van der Waals surface area contributed by atoms with Gasteiger partial charge in [0.2, 0.25) is 0 Å². The fourth-order valence-corrected chi connectivity index (χ4v) is 1.91. The average molecular weight is 142 g/mol. The molecule has 0 nitrogen and oxygen atoms in total. The summed E-state index contributed by atoms with van der Waals surface area (Å²) >= 11 is 0. The number of hydrogen-bond acceptors (Lipinski definition) is 0. The van der Waals surface area contributed by atoms with Gasteiger partial charge in [-0.2, -0.15) is 0 Å². The van der Waals surface area contributed by atoms with E-state index in [-0.39, 0.29) is 0 Å². The van der Waals surface area contributed by atoms with Crippen LogP contribution >= 0.6 is 0 Å². The summed E-state index contributed by atoms with van der Waals surface area (Å²) < 4.78 is 0. The Kier molecular flexibility index (Phi) is 8.41. The van der Waals surface area contributed by atoms with E-state index in [1.165, 1.54) is 47.3 Å². The van der Waals surface area contributed by atoms with E-state index in [0.717, 1.165) is 0 Å². The molecule has 0 unspecified atom stereocenters. The molecule has 0 atom stereocenters. The Morgan fingerprint density at radius 3 is 2.22 bits per heavy atom. The van der Waals surface area contributed by atoms with Crippen molar-refractivity contribution >= 4 is 9.52 Å². The highest BCUT2D eigenvalue weighted by atomic mass is 28.2. The molecule has 0 N–H and O–H groups in total. The molecule has 0 saturated carbocycles. The maximum Gasteiger partial charge on any atom is 0.0377 e. The van der Waals surface area contributed by atoms with Crippen molar-refractivity contribution < 1.29 is 0 Å². The molecule has 0 aromatic carbocycles. The van der Waals surface area contributed by atoms with Gasteiger partial charge in [-0.1, -0.05) is 51.6 Å². The van der Waals surface area contributed by atoms with Crippen molar-refractivity contribution in [2.45, 2.75) is 51.6 Å². The molecular weight excluding hydrogens is 124 g/mol. The van der Waals surface area contributed by atoms with Crippen LogP contribution in [-0.2, 0) is 0 Å². The van der Waals surface area contributed by atoms with Crippen LogP contribution in [0.1, 0.15) is 39.5 Å². The third-order valence-corrected chi connectivity index (χ3v) is 2.94. The minimum Gasteiger partial charge on any atom is -0.0657 e. The Morgan fingerprint density at radius 1 is 0.889 bits per heavy atom. The van der Waals surface area contributed by atoms with Crippen LogP contribution in [0.25, 0.3) is 0 Å². The van der Waals surface area contributed by atoms with Gasteiger partial charge in [-0.25, -0.2) is 0 Å². The minimum absolute atomic E-state index is 1.24. The molecule has 0 aliphatic carbocycles. The summed E-state index contributed by atoms with van der Waals surface area (Å²) in [5, 5.41) is 0. The summed E-state index contributed by atoms with van der Waals surface area (Å²) in [4.78, 5) is 0.